The minimum atomic E-state index is 0. The van der Waals surface area contributed by atoms with Crippen molar-refractivity contribution in [3.8, 4) is 5.75 Å². The molecule has 0 spiro atoms. The second-order valence-corrected chi connectivity index (χ2v) is 4.56. The molecule has 2 nitrogen and oxygen atoms in total. The average Bonchev–Trinajstić information content (AvgIpc) is 2.19. The highest BCUT2D eigenvalue weighted by Crippen LogP contribution is 2.31. The number of rotatable bonds is 4. The molecule has 0 bridgehead atoms. The maximum absolute atomic E-state index is 10.1. The fraction of sp³-hybridized carbons (Fsp3) is 0.571. The Morgan fingerprint density at radius 2 is 1.88 bits per heavy atom. The fourth-order valence-electron chi connectivity index (χ4n) is 1.93. The van der Waals surface area contributed by atoms with Crippen LogP contribution in [0.25, 0.3) is 0 Å². The van der Waals surface area contributed by atoms with Gasteiger partial charge in [0, 0.05) is 0 Å². The molecule has 0 aliphatic rings. The van der Waals surface area contributed by atoms with Crippen LogP contribution in [-0.4, -0.2) is 10.6 Å². The molecule has 0 amide bonds. The van der Waals surface area contributed by atoms with Gasteiger partial charge in [-0.2, -0.15) is 0 Å². The van der Waals surface area contributed by atoms with Gasteiger partial charge in [0.05, 0.1) is 0 Å². The minimum absolute atomic E-state index is 0. The molecular weight excluding hydrogens is 200 g/mol. The highest BCUT2D eigenvalue weighted by atomic mass is 16.3. The second-order valence-electron chi connectivity index (χ2n) is 4.56. The molecule has 1 aromatic carbocycles. The smallest absolute Gasteiger partial charge is 0.121 e. The summed E-state index contributed by atoms with van der Waals surface area (Å²) >= 11 is 0. The minimum Gasteiger partial charge on any atom is -0.507 e. The monoisotopic (exact) mass is 224 g/mol. The van der Waals surface area contributed by atoms with E-state index in [2.05, 4.69) is 26.8 Å². The maximum atomic E-state index is 10.1. The van der Waals surface area contributed by atoms with Crippen molar-refractivity contribution >= 4 is 0 Å². The Bertz CT molecular complexity index is 330. The van der Waals surface area contributed by atoms with E-state index < -0.39 is 0 Å². The lowest BCUT2D eigenvalue weighted by Gasteiger charge is -2.15. The highest BCUT2D eigenvalue weighted by Gasteiger charge is 2.12. The number of benzene rings is 1. The predicted molar refractivity (Wildman–Crippen MR) is 69.2 cm³/mol. The Labute approximate surface area is 98.6 Å². The van der Waals surface area contributed by atoms with Crippen molar-refractivity contribution in [2.75, 3.05) is 0 Å². The summed E-state index contributed by atoms with van der Waals surface area (Å²) in [7, 11) is 0. The quantitative estimate of drug-likeness (QED) is 0.837. The van der Waals surface area contributed by atoms with E-state index in [4.69, 9.17) is 0 Å². The lowest BCUT2D eigenvalue weighted by molar-refractivity contribution is 0.460. The van der Waals surface area contributed by atoms with Gasteiger partial charge in [-0.05, 0) is 42.4 Å². The second kappa shape index (κ2) is 6.54. The van der Waals surface area contributed by atoms with Crippen LogP contribution in [0.4, 0.5) is 0 Å². The molecule has 0 unspecified atom stereocenters. The van der Waals surface area contributed by atoms with Crippen LogP contribution in [-0.2, 0) is 6.42 Å². The molecule has 0 heterocycles. The Hall–Kier alpha value is -1.02. The SMILES string of the molecule is CCCCc1c(C(C)C)ccc(C)c1O.O. The fourth-order valence-corrected chi connectivity index (χ4v) is 1.93. The summed E-state index contributed by atoms with van der Waals surface area (Å²) in [6, 6.07) is 4.17. The van der Waals surface area contributed by atoms with E-state index in [0.29, 0.717) is 11.7 Å². The van der Waals surface area contributed by atoms with E-state index in [1.165, 1.54) is 12.0 Å². The Morgan fingerprint density at radius 3 is 2.38 bits per heavy atom. The van der Waals surface area contributed by atoms with E-state index in [1.54, 1.807) is 0 Å². The molecule has 0 radical (unpaired) electrons. The van der Waals surface area contributed by atoms with Crippen LogP contribution in [0.2, 0.25) is 0 Å². The molecular formula is C14H24O2. The van der Waals surface area contributed by atoms with E-state index in [-0.39, 0.29) is 5.48 Å². The van der Waals surface area contributed by atoms with Crippen LogP contribution in [0.15, 0.2) is 12.1 Å². The number of aromatic hydroxyl groups is 1. The van der Waals surface area contributed by atoms with Gasteiger partial charge in [-0.1, -0.05) is 39.3 Å². The highest BCUT2D eigenvalue weighted by molar-refractivity contribution is 5.46. The van der Waals surface area contributed by atoms with E-state index >= 15 is 0 Å². The van der Waals surface area contributed by atoms with Gasteiger partial charge in [0.1, 0.15) is 5.75 Å². The topological polar surface area (TPSA) is 51.7 Å². The number of hydrogen-bond donors (Lipinski definition) is 1. The van der Waals surface area contributed by atoms with E-state index in [1.807, 2.05) is 13.0 Å². The summed E-state index contributed by atoms with van der Waals surface area (Å²) < 4.78 is 0. The van der Waals surface area contributed by atoms with E-state index in [9.17, 15) is 5.11 Å². The summed E-state index contributed by atoms with van der Waals surface area (Å²) in [6.45, 7) is 8.51. The van der Waals surface area contributed by atoms with Gasteiger partial charge in [0.2, 0.25) is 0 Å². The van der Waals surface area contributed by atoms with Gasteiger partial charge in [-0.15, -0.1) is 0 Å². The Balaban J connectivity index is 0.00000225. The zero-order valence-corrected chi connectivity index (χ0v) is 10.8. The molecule has 1 aromatic rings. The Morgan fingerprint density at radius 1 is 1.25 bits per heavy atom. The van der Waals surface area contributed by atoms with Crippen molar-refractivity contribution in [1.82, 2.24) is 0 Å². The van der Waals surface area contributed by atoms with Crippen molar-refractivity contribution in [2.24, 2.45) is 0 Å². The zero-order chi connectivity index (χ0) is 11.4. The standard InChI is InChI=1S/C14H22O.H2O/c1-5-6-7-13-12(10(2)3)9-8-11(4)14(13)15;/h8-10,15H,5-7H2,1-4H3;1H2. The van der Waals surface area contributed by atoms with Crippen LogP contribution in [0, 0.1) is 6.92 Å². The number of hydrogen-bond acceptors (Lipinski definition) is 1. The predicted octanol–water partition coefficient (Wildman–Crippen LogP) is 3.34. The zero-order valence-electron chi connectivity index (χ0n) is 10.8. The number of unbranched alkanes of at least 4 members (excludes halogenated alkanes) is 1. The molecule has 0 saturated carbocycles. The van der Waals surface area contributed by atoms with Crippen LogP contribution in [0.1, 0.15) is 56.2 Å². The van der Waals surface area contributed by atoms with Crippen molar-refractivity contribution in [3.63, 3.8) is 0 Å². The van der Waals surface area contributed by atoms with Gasteiger partial charge < -0.3 is 10.6 Å². The van der Waals surface area contributed by atoms with Crippen molar-refractivity contribution in [2.45, 2.75) is 52.9 Å². The van der Waals surface area contributed by atoms with Gasteiger partial charge in [-0.3, -0.25) is 0 Å². The average molecular weight is 224 g/mol. The van der Waals surface area contributed by atoms with Crippen LogP contribution < -0.4 is 0 Å². The number of phenols is 1. The molecule has 1 rings (SSSR count). The summed E-state index contributed by atoms with van der Waals surface area (Å²) in [5.41, 5.74) is 3.45. The molecule has 0 fully saturated rings. The lowest BCUT2D eigenvalue weighted by Crippen LogP contribution is -1.98. The van der Waals surface area contributed by atoms with Gasteiger partial charge in [0.15, 0.2) is 0 Å². The summed E-state index contributed by atoms with van der Waals surface area (Å²) in [5, 5.41) is 10.1. The molecule has 0 aliphatic carbocycles. The van der Waals surface area contributed by atoms with Gasteiger partial charge in [-0.25, -0.2) is 0 Å². The van der Waals surface area contributed by atoms with Crippen LogP contribution in [0.5, 0.6) is 5.75 Å². The third-order valence-electron chi connectivity index (χ3n) is 2.92. The van der Waals surface area contributed by atoms with Crippen molar-refractivity contribution < 1.29 is 10.6 Å². The third kappa shape index (κ3) is 3.24. The molecule has 0 saturated heterocycles. The number of phenolic OH excluding ortho intramolecular Hbond substituents is 1. The maximum Gasteiger partial charge on any atom is 0.121 e. The molecule has 0 aliphatic heterocycles. The van der Waals surface area contributed by atoms with Crippen LogP contribution in [0.3, 0.4) is 0 Å². The first-order valence-corrected chi connectivity index (χ1v) is 5.89. The molecule has 0 atom stereocenters. The molecule has 2 heteroatoms. The number of aryl methyl sites for hydroxylation is 1. The van der Waals surface area contributed by atoms with E-state index in [0.717, 1.165) is 24.0 Å². The first kappa shape index (κ1) is 15.0. The first-order valence-electron chi connectivity index (χ1n) is 5.89. The summed E-state index contributed by atoms with van der Waals surface area (Å²) in [5.74, 6) is 0.998. The van der Waals surface area contributed by atoms with Crippen LogP contribution >= 0.6 is 0 Å². The largest absolute Gasteiger partial charge is 0.507 e. The molecule has 16 heavy (non-hydrogen) atoms. The normalized spacial score (nSPS) is 10.3. The van der Waals surface area contributed by atoms with Crippen molar-refractivity contribution in [3.05, 3.63) is 28.8 Å². The van der Waals surface area contributed by atoms with Gasteiger partial charge in [0.25, 0.3) is 0 Å². The molecule has 92 valence electrons. The molecule has 0 aromatic heterocycles. The lowest BCUT2D eigenvalue weighted by atomic mass is 9.91. The Kier molecular flexibility index (Phi) is 6.12. The third-order valence-corrected chi connectivity index (χ3v) is 2.92. The van der Waals surface area contributed by atoms with Crippen molar-refractivity contribution in [1.29, 1.82) is 0 Å². The first-order chi connectivity index (χ1) is 7.07. The molecule has 3 N–H and O–H groups in total. The summed E-state index contributed by atoms with van der Waals surface area (Å²) in [6.07, 6.45) is 3.32. The van der Waals surface area contributed by atoms with Gasteiger partial charge >= 0.3 is 0 Å². The summed E-state index contributed by atoms with van der Waals surface area (Å²) in [4.78, 5) is 0.